The second-order valence-electron chi connectivity index (χ2n) is 5.23. The van der Waals surface area contributed by atoms with Crippen LogP contribution in [0, 0.1) is 5.92 Å². The van der Waals surface area contributed by atoms with Crippen LogP contribution in [0.2, 0.25) is 0 Å². The van der Waals surface area contributed by atoms with Gasteiger partial charge in [0.2, 0.25) is 0 Å². The van der Waals surface area contributed by atoms with E-state index in [2.05, 4.69) is 17.0 Å². The molecule has 0 bridgehead atoms. The van der Waals surface area contributed by atoms with Crippen molar-refractivity contribution in [2.24, 2.45) is 5.92 Å². The molecule has 2 aliphatic heterocycles. The minimum atomic E-state index is -3.25. The number of rotatable bonds is 3. The summed E-state index contributed by atoms with van der Waals surface area (Å²) in [5.74, 6) is 0.653. The maximum absolute atomic E-state index is 12.2. The molecule has 0 saturated carbocycles. The molecule has 2 fully saturated rings. The number of halogens is 1. The minimum Gasteiger partial charge on any atom is -0.317 e. The highest BCUT2D eigenvalue weighted by Crippen LogP contribution is 2.18. The van der Waals surface area contributed by atoms with E-state index in [-0.39, 0.29) is 18.4 Å². The Balaban J connectivity index is 0.00000162. The summed E-state index contributed by atoms with van der Waals surface area (Å²) in [4.78, 5) is 0. The van der Waals surface area contributed by atoms with Crippen LogP contribution in [0.25, 0.3) is 0 Å². The molecule has 18 heavy (non-hydrogen) atoms. The first-order valence-corrected chi connectivity index (χ1v) is 8.00. The number of hydrogen-bond donors (Lipinski definition) is 2. The third-order valence-electron chi connectivity index (χ3n) is 3.74. The Hall–Kier alpha value is 0.120. The largest absolute Gasteiger partial charge is 0.317 e. The van der Waals surface area contributed by atoms with Gasteiger partial charge in [0, 0.05) is 19.1 Å². The highest BCUT2D eigenvalue weighted by molar-refractivity contribution is 7.87. The molecule has 2 rings (SSSR count). The van der Waals surface area contributed by atoms with E-state index in [0.29, 0.717) is 19.0 Å². The van der Waals surface area contributed by atoms with Crippen molar-refractivity contribution in [1.29, 1.82) is 0 Å². The Morgan fingerprint density at radius 3 is 2.22 bits per heavy atom. The zero-order valence-corrected chi connectivity index (χ0v) is 12.5. The molecular weight excluding hydrogens is 274 g/mol. The second-order valence-corrected chi connectivity index (χ2v) is 6.93. The smallest absolute Gasteiger partial charge is 0.279 e. The van der Waals surface area contributed by atoms with E-state index < -0.39 is 10.2 Å². The molecule has 2 saturated heterocycles. The van der Waals surface area contributed by atoms with Gasteiger partial charge in [0.05, 0.1) is 0 Å². The molecule has 0 amide bonds. The summed E-state index contributed by atoms with van der Waals surface area (Å²) in [7, 11) is -3.25. The van der Waals surface area contributed by atoms with Gasteiger partial charge in [0.15, 0.2) is 0 Å². The van der Waals surface area contributed by atoms with Crippen LogP contribution in [0.5, 0.6) is 0 Å². The molecule has 0 aromatic carbocycles. The SMILES string of the molecule is CC1CCN(S(=O)(=O)NC2CCNCC2)CC1.Cl. The average molecular weight is 298 g/mol. The van der Waals surface area contributed by atoms with Gasteiger partial charge in [0.1, 0.15) is 0 Å². The number of nitrogens with zero attached hydrogens (tertiary/aromatic N) is 1. The molecular formula is C11H24ClN3O2S. The highest BCUT2D eigenvalue weighted by atomic mass is 35.5. The molecule has 0 spiro atoms. The van der Waals surface area contributed by atoms with Crippen LogP contribution >= 0.6 is 12.4 Å². The van der Waals surface area contributed by atoms with Gasteiger partial charge >= 0.3 is 0 Å². The lowest BCUT2D eigenvalue weighted by molar-refractivity contribution is 0.281. The quantitative estimate of drug-likeness (QED) is 0.807. The minimum absolute atomic E-state index is 0. The maximum Gasteiger partial charge on any atom is 0.279 e. The van der Waals surface area contributed by atoms with Crippen molar-refractivity contribution in [3.8, 4) is 0 Å². The average Bonchev–Trinajstić information content (AvgIpc) is 2.30. The van der Waals surface area contributed by atoms with E-state index in [9.17, 15) is 8.42 Å². The lowest BCUT2D eigenvalue weighted by Crippen LogP contribution is -2.50. The molecule has 0 radical (unpaired) electrons. The summed E-state index contributed by atoms with van der Waals surface area (Å²) in [5.41, 5.74) is 0. The van der Waals surface area contributed by atoms with Crippen molar-refractivity contribution in [1.82, 2.24) is 14.3 Å². The topological polar surface area (TPSA) is 61.4 Å². The molecule has 0 aliphatic carbocycles. The molecule has 0 atom stereocenters. The van der Waals surface area contributed by atoms with E-state index >= 15 is 0 Å². The summed E-state index contributed by atoms with van der Waals surface area (Å²) in [6.45, 7) is 5.33. The predicted octanol–water partition coefficient (Wildman–Crippen LogP) is 0.726. The molecule has 2 heterocycles. The van der Waals surface area contributed by atoms with E-state index in [0.717, 1.165) is 38.8 Å². The van der Waals surface area contributed by atoms with E-state index in [1.54, 1.807) is 4.31 Å². The second kappa shape index (κ2) is 7.05. The number of hydrogen-bond acceptors (Lipinski definition) is 3. The van der Waals surface area contributed by atoms with E-state index in [4.69, 9.17) is 0 Å². The number of piperidine rings is 2. The van der Waals surface area contributed by atoms with Gasteiger partial charge in [-0.05, 0) is 44.7 Å². The Labute approximate surface area is 116 Å². The van der Waals surface area contributed by atoms with Crippen molar-refractivity contribution in [2.75, 3.05) is 26.2 Å². The van der Waals surface area contributed by atoms with Crippen LogP contribution in [0.3, 0.4) is 0 Å². The highest BCUT2D eigenvalue weighted by Gasteiger charge is 2.28. The van der Waals surface area contributed by atoms with Crippen molar-refractivity contribution < 1.29 is 8.42 Å². The van der Waals surface area contributed by atoms with Crippen LogP contribution in [0.15, 0.2) is 0 Å². The van der Waals surface area contributed by atoms with Crippen molar-refractivity contribution in [3.63, 3.8) is 0 Å². The Bertz CT molecular complexity index is 336. The van der Waals surface area contributed by atoms with Crippen LogP contribution in [-0.2, 0) is 10.2 Å². The van der Waals surface area contributed by atoms with Gasteiger partial charge in [-0.3, -0.25) is 0 Å². The maximum atomic E-state index is 12.2. The summed E-state index contributed by atoms with van der Waals surface area (Å²) >= 11 is 0. The molecule has 108 valence electrons. The van der Waals surface area contributed by atoms with E-state index in [1.807, 2.05) is 0 Å². The van der Waals surface area contributed by atoms with Gasteiger partial charge in [-0.2, -0.15) is 17.4 Å². The lowest BCUT2D eigenvalue weighted by atomic mass is 10.0. The molecule has 0 unspecified atom stereocenters. The molecule has 0 aromatic rings. The predicted molar refractivity (Wildman–Crippen MR) is 75.2 cm³/mol. The van der Waals surface area contributed by atoms with Gasteiger partial charge in [-0.25, -0.2) is 0 Å². The first kappa shape index (κ1) is 16.2. The zero-order chi connectivity index (χ0) is 12.3. The summed E-state index contributed by atoms with van der Waals surface area (Å²) in [6.07, 6.45) is 3.74. The van der Waals surface area contributed by atoms with Crippen molar-refractivity contribution in [2.45, 2.75) is 38.6 Å². The van der Waals surface area contributed by atoms with Crippen LogP contribution < -0.4 is 10.0 Å². The zero-order valence-electron chi connectivity index (χ0n) is 10.9. The Morgan fingerprint density at radius 1 is 1.11 bits per heavy atom. The van der Waals surface area contributed by atoms with Crippen LogP contribution in [0.1, 0.15) is 32.6 Å². The van der Waals surface area contributed by atoms with E-state index in [1.165, 1.54) is 0 Å². The normalized spacial score (nSPS) is 24.7. The van der Waals surface area contributed by atoms with Gasteiger partial charge in [-0.15, -0.1) is 12.4 Å². The van der Waals surface area contributed by atoms with Crippen molar-refractivity contribution >= 4 is 22.6 Å². The van der Waals surface area contributed by atoms with Gasteiger partial charge in [0.25, 0.3) is 10.2 Å². The first-order valence-electron chi connectivity index (χ1n) is 6.56. The fourth-order valence-corrected chi connectivity index (χ4v) is 3.95. The van der Waals surface area contributed by atoms with Crippen LogP contribution in [0.4, 0.5) is 0 Å². The molecule has 2 N–H and O–H groups in total. The Morgan fingerprint density at radius 2 is 1.67 bits per heavy atom. The fourth-order valence-electron chi connectivity index (χ4n) is 2.45. The summed E-state index contributed by atoms with van der Waals surface area (Å²) < 4.78 is 28.8. The Kier molecular flexibility index (Phi) is 6.34. The molecule has 7 heteroatoms. The standard InChI is InChI=1S/C11H23N3O2S.ClH/c1-10-4-8-14(9-5-10)17(15,16)13-11-2-6-12-7-3-11;/h10-13H,2-9H2,1H3;1H. The third-order valence-corrected chi connectivity index (χ3v) is 5.41. The van der Waals surface area contributed by atoms with Crippen molar-refractivity contribution in [3.05, 3.63) is 0 Å². The molecule has 0 aromatic heterocycles. The summed E-state index contributed by atoms with van der Waals surface area (Å²) in [5, 5.41) is 3.24. The lowest BCUT2D eigenvalue weighted by Gasteiger charge is -2.32. The fraction of sp³-hybridized carbons (Fsp3) is 1.00. The molecule has 5 nitrogen and oxygen atoms in total. The number of nitrogens with one attached hydrogen (secondary N) is 2. The van der Waals surface area contributed by atoms with Gasteiger partial charge in [-0.1, -0.05) is 6.92 Å². The van der Waals surface area contributed by atoms with Crippen LogP contribution in [-0.4, -0.2) is 44.9 Å². The molecule has 2 aliphatic rings. The third kappa shape index (κ3) is 4.35. The van der Waals surface area contributed by atoms with Gasteiger partial charge < -0.3 is 5.32 Å². The summed E-state index contributed by atoms with van der Waals surface area (Å²) in [6, 6.07) is 0.112. The monoisotopic (exact) mass is 297 g/mol. The first-order chi connectivity index (χ1) is 8.08.